The number of rotatable bonds is 5. The molecule has 1 fully saturated rings. The number of pyridine rings is 1. The highest BCUT2D eigenvalue weighted by atomic mass is 19.1. The summed E-state index contributed by atoms with van der Waals surface area (Å²) >= 11 is 0. The van der Waals surface area contributed by atoms with Crippen molar-refractivity contribution in [3.63, 3.8) is 0 Å². The molecular weight excluding hydrogens is 347 g/mol. The Bertz CT molecular complexity index is 993. The SMILES string of the molecule is O=C(NCC1CCCO1)c1ccc2[nH]nc(C=Cc3cccc(F)c3)c2n1. The fourth-order valence-corrected chi connectivity index (χ4v) is 3.05. The number of halogens is 1. The lowest BCUT2D eigenvalue weighted by Gasteiger charge is -2.10. The minimum atomic E-state index is -0.299. The number of amides is 1. The lowest BCUT2D eigenvalue weighted by molar-refractivity contribution is 0.0854. The molecule has 1 saturated heterocycles. The monoisotopic (exact) mass is 366 g/mol. The molecule has 1 amide bonds. The van der Waals surface area contributed by atoms with E-state index >= 15 is 0 Å². The van der Waals surface area contributed by atoms with Crippen LogP contribution in [0.15, 0.2) is 36.4 Å². The van der Waals surface area contributed by atoms with E-state index in [1.54, 1.807) is 36.4 Å². The van der Waals surface area contributed by atoms with Gasteiger partial charge in [-0.2, -0.15) is 5.10 Å². The van der Waals surface area contributed by atoms with E-state index in [4.69, 9.17) is 4.74 Å². The van der Waals surface area contributed by atoms with Crippen molar-refractivity contribution in [1.82, 2.24) is 20.5 Å². The quantitative estimate of drug-likeness (QED) is 0.727. The van der Waals surface area contributed by atoms with E-state index in [-0.39, 0.29) is 17.8 Å². The van der Waals surface area contributed by atoms with Crippen molar-refractivity contribution >= 4 is 29.1 Å². The maximum Gasteiger partial charge on any atom is 0.269 e. The second-order valence-corrected chi connectivity index (χ2v) is 6.43. The van der Waals surface area contributed by atoms with Gasteiger partial charge in [-0.1, -0.05) is 18.2 Å². The molecule has 1 unspecified atom stereocenters. The molecule has 3 heterocycles. The van der Waals surface area contributed by atoms with Gasteiger partial charge >= 0.3 is 0 Å². The number of H-pyrrole nitrogens is 1. The van der Waals surface area contributed by atoms with E-state index in [9.17, 15) is 9.18 Å². The van der Waals surface area contributed by atoms with Gasteiger partial charge in [-0.3, -0.25) is 9.89 Å². The Morgan fingerprint density at radius 2 is 2.26 bits per heavy atom. The standard InChI is InChI=1S/C20H19FN4O2/c21-14-4-1-3-13(11-14)6-7-16-19-17(25-24-16)8-9-18(23-19)20(26)22-12-15-5-2-10-27-15/h1,3-4,6-9,11,15H,2,5,10,12H2,(H,22,26)(H,24,25). The first-order chi connectivity index (χ1) is 13.2. The van der Waals surface area contributed by atoms with Crippen molar-refractivity contribution in [2.24, 2.45) is 0 Å². The fraction of sp³-hybridized carbons (Fsp3) is 0.250. The molecule has 1 aromatic carbocycles. The van der Waals surface area contributed by atoms with Gasteiger partial charge in [-0.25, -0.2) is 9.37 Å². The van der Waals surface area contributed by atoms with E-state index in [2.05, 4.69) is 20.5 Å². The molecule has 0 radical (unpaired) electrons. The van der Waals surface area contributed by atoms with E-state index in [0.717, 1.165) is 30.5 Å². The normalized spacial score (nSPS) is 17.0. The number of ether oxygens (including phenoxy) is 1. The van der Waals surface area contributed by atoms with Crippen LogP contribution < -0.4 is 5.32 Å². The molecular formula is C20H19FN4O2. The first kappa shape index (κ1) is 17.4. The average Bonchev–Trinajstić information content (AvgIpc) is 3.34. The number of carbonyl (C=O) groups excluding carboxylic acids is 1. The highest BCUT2D eigenvalue weighted by molar-refractivity contribution is 5.95. The van der Waals surface area contributed by atoms with Gasteiger partial charge in [0, 0.05) is 13.2 Å². The number of aromatic nitrogens is 3. The van der Waals surface area contributed by atoms with Gasteiger partial charge in [-0.05, 0) is 48.7 Å². The molecule has 3 aromatic rings. The molecule has 4 rings (SSSR count). The minimum absolute atomic E-state index is 0.0800. The Morgan fingerprint density at radius 1 is 1.33 bits per heavy atom. The molecule has 2 aromatic heterocycles. The highest BCUT2D eigenvalue weighted by Gasteiger charge is 2.17. The van der Waals surface area contributed by atoms with E-state index < -0.39 is 0 Å². The van der Waals surface area contributed by atoms with Gasteiger partial charge in [0.2, 0.25) is 0 Å². The van der Waals surface area contributed by atoms with Gasteiger partial charge in [0.05, 0.1) is 11.6 Å². The summed E-state index contributed by atoms with van der Waals surface area (Å²) in [6.45, 7) is 1.23. The molecule has 27 heavy (non-hydrogen) atoms. The number of benzene rings is 1. The van der Waals surface area contributed by atoms with Crippen LogP contribution in [0.5, 0.6) is 0 Å². The van der Waals surface area contributed by atoms with E-state index in [1.165, 1.54) is 12.1 Å². The summed E-state index contributed by atoms with van der Waals surface area (Å²) < 4.78 is 18.8. The Labute approximate surface area is 155 Å². The van der Waals surface area contributed by atoms with Crippen LogP contribution in [0, 0.1) is 5.82 Å². The van der Waals surface area contributed by atoms with Crippen molar-refractivity contribution in [2.45, 2.75) is 18.9 Å². The van der Waals surface area contributed by atoms with Gasteiger partial charge in [0.15, 0.2) is 0 Å². The molecule has 1 atom stereocenters. The third-order valence-electron chi connectivity index (χ3n) is 4.46. The van der Waals surface area contributed by atoms with Gasteiger partial charge in [0.25, 0.3) is 5.91 Å². The predicted molar refractivity (Wildman–Crippen MR) is 101 cm³/mol. The van der Waals surface area contributed by atoms with Crippen molar-refractivity contribution < 1.29 is 13.9 Å². The summed E-state index contributed by atoms with van der Waals surface area (Å²) in [5, 5.41) is 9.98. The first-order valence-corrected chi connectivity index (χ1v) is 8.87. The zero-order chi connectivity index (χ0) is 18.6. The molecule has 0 aliphatic carbocycles. The van der Waals surface area contributed by atoms with Crippen LogP contribution in [-0.4, -0.2) is 40.3 Å². The van der Waals surface area contributed by atoms with Crippen LogP contribution >= 0.6 is 0 Å². The van der Waals surface area contributed by atoms with E-state index in [0.29, 0.717) is 23.4 Å². The number of nitrogens with one attached hydrogen (secondary N) is 2. The zero-order valence-corrected chi connectivity index (χ0v) is 14.6. The molecule has 0 spiro atoms. The Kier molecular flexibility index (Phi) is 4.93. The number of hydrogen-bond donors (Lipinski definition) is 2. The molecule has 6 nitrogen and oxygen atoms in total. The van der Waals surface area contributed by atoms with Crippen LogP contribution in [0.2, 0.25) is 0 Å². The van der Waals surface area contributed by atoms with Crippen LogP contribution in [0.25, 0.3) is 23.2 Å². The second kappa shape index (κ2) is 7.67. The van der Waals surface area contributed by atoms with Gasteiger partial charge in [-0.15, -0.1) is 0 Å². The molecule has 0 bridgehead atoms. The van der Waals surface area contributed by atoms with E-state index in [1.807, 2.05) is 0 Å². The Balaban J connectivity index is 1.52. The molecule has 1 aliphatic rings. The number of hydrogen-bond acceptors (Lipinski definition) is 4. The lowest BCUT2D eigenvalue weighted by Crippen LogP contribution is -2.32. The summed E-state index contributed by atoms with van der Waals surface area (Å²) in [5.41, 5.74) is 2.94. The summed E-state index contributed by atoms with van der Waals surface area (Å²) in [6.07, 6.45) is 5.57. The summed E-state index contributed by atoms with van der Waals surface area (Å²) in [4.78, 5) is 16.8. The minimum Gasteiger partial charge on any atom is -0.376 e. The van der Waals surface area contributed by atoms with Crippen molar-refractivity contribution in [1.29, 1.82) is 0 Å². The van der Waals surface area contributed by atoms with Crippen LogP contribution in [0.1, 0.15) is 34.6 Å². The maximum atomic E-state index is 13.3. The average molecular weight is 366 g/mol. The van der Waals surface area contributed by atoms with Gasteiger partial charge < -0.3 is 10.1 Å². The third-order valence-corrected chi connectivity index (χ3v) is 4.46. The Hall–Kier alpha value is -3.06. The molecule has 0 saturated carbocycles. The summed E-state index contributed by atoms with van der Waals surface area (Å²) in [6, 6.07) is 9.70. The molecule has 7 heteroatoms. The number of nitrogens with zero attached hydrogens (tertiary/aromatic N) is 2. The Morgan fingerprint density at radius 3 is 3.07 bits per heavy atom. The highest BCUT2D eigenvalue weighted by Crippen LogP contribution is 2.17. The second-order valence-electron chi connectivity index (χ2n) is 6.43. The smallest absolute Gasteiger partial charge is 0.269 e. The summed E-state index contributed by atoms with van der Waals surface area (Å²) in [5.74, 6) is -0.541. The maximum absolute atomic E-state index is 13.3. The predicted octanol–water partition coefficient (Wildman–Crippen LogP) is 3.18. The van der Waals surface area contributed by atoms with Gasteiger partial charge in [0.1, 0.15) is 22.7 Å². The lowest BCUT2D eigenvalue weighted by atomic mass is 10.2. The largest absolute Gasteiger partial charge is 0.376 e. The third kappa shape index (κ3) is 4.03. The molecule has 138 valence electrons. The first-order valence-electron chi connectivity index (χ1n) is 8.87. The number of fused-ring (bicyclic) bond motifs is 1. The topological polar surface area (TPSA) is 79.9 Å². The zero-order valence-electron chi connectivity index (χ0n) is 14.6. The van der Waals surface area contributed by atoms with Crippen LogP contribution in [0.4, 0.5) is 4.39 Å². The fourth-order valence-electron chi connectivity index (χ4n) is 3.05. The van der Waals surface area contributed by atoms with Crippen molar-refractivity contribution in [3.05, 3.63) is 59.2 Å². The van der Waals surface area contributed by atoms with Crippen molar-refractivity contribution in [3.8, 4) is 0 Å². The van der Waals surface area contributed by atoms with Crippen LogP contribution in [-0.2, 0) is 4.74 Å². The van der Waals surface area contributed by atoms with Crippen molar-refractivity contribution in [2.75, 3.05) is 13.2 Å². The number of carbonyl (C=O) groups is 1. The molecule has 1 aliphatic heterocycles. The molecule has 2 N–H and O–H groups in total. The van der Waals surface area contributed by atoms with Crippen LogP contribution in [0.3, 0.4) is 0 Å². The number of aromatic amines is 1. The summed E-state index contributed by atoms with van der Waals surface area (Å²) in [7, 11) is 0.